The lowest BCUT2D eigenvalue weighted by molar-refractivity contribution is -0.122. The second-order valence-electron chi connectivity index (χ2n) is 4.52. The van der Waals surface area contributed by atoms with Gasteiger partial charge in [-0.3, -0.25) is 4.79 Å². The number of carbonyl (C=O) groups is 1. The maximum absolute atomic E-state index is 12.2. The van der Waals surface area contributed by atoms with Crippen LogP contribution in [0, 0.1) is 6.92 Å². The molecule has 0 bridgehead atoms. The van der Waals surface area contributed by atoms with Crippen LogP contribution in [-0.2, 0) is 10.2 Å². The van der Waals surface area contributed by atoms with E-state index in [-0.39, 0.29) is 11.3 Å². The quantitative estimate of drug-likeness (QED) is 0.687. The van der Waals surface area contributed by atoms with Gasteiger partial charge in [0, 0.05) is 7.05 Å². The molecule has 80 valence electrons. The fraction of sp³-hybridized carbons (Fsp3) is 0.462. The molecular formula is C13H17NO. The molecule has 0 spiro atoms. The van der Waals surface area contributed by atoms with E-state index in [1.165, 1.54) is 11.1 Å². The molecule has 1 aromatic carbocycles. The lowest BCUT2D eigenvalue weighted by atomic mass is 9.81. The van der Waals surface area contributed by atoms with Gasteiger partial charge in [0.15, 0.2) is 0 Å². The summed E-state index contributed by atoms with van der Waals surface area (Å²) >= 11 is 0. The van der Waals surface area contributed by atoms with Crippen molar-refractivity contribution >= 4 is 11.6 Å². The van der Waals surface area contributed by atoms with Crippen molar-refractivity contribution < 1.29 is 4.79 Å². The Bertz CT molecular complexity index is 425. The van der Waals surface area contributed by atoms with Crippen LogP contribution in [0.25, 0.3) is 0 Å². The zero-order valence-electron chi connectivity index (χ0n) is 9.79. The summed E-state index contributed by atoms with van der Waals surface area (Å²) in [5, 5.41) is 0. The third-order valence-corrected chi connectivity index (χ3v) is 3.65. The molecule has 0 aliphatic carbocycles. The first kappa shape index (κ1) is 10.2. The van der Waals surface area contributed by atoms with Crippen LogP contribution in [0.4, 0.5) is 5.69 Å². The number of amides is 1. The number of hydrogen-bond acceptors (Lipinski definition) is 1. The van der Waals surface area contributed by atoms with Crippen LogP contribution in [0.1, 0.15) is 31.4 Å². The number of hydrogen-bond donors (Lipinski definition) is 0. The van der Waals surface area contributed by atoms with Crippen molar-refractivity contribution in [2.75, 3.05) is 11.9 Å². The number of likely N-dealkylation sites (N-methyl/N-ethyl adjacent to an activating group) is 1. The van der Waals surface area contributed by atoms with Crippen molar-refractivity contribution in [3.05, 3.63) is 29.3 Å². The van der Waals surface area contributed by atoms with Crippen molar-refractivity contribution in [2.45, 2.75) is 32.6 Å². The lowest BCUT2D eigenvalue weighted by Gasteiger charge is -2.20. The number of carbonyl (C=O) groups excluding carboxylic acids is 1. The Kier molecular flexibility index (Phi) is 2.10. The minimum atomic E-state index is -0.323. The van der Waals surface area contributed by atoms with Gasteiger partial charge >= 0.3 is 0 Å². The highest BCUT2D eigenvalue weighted by Gasteiger charge is 2.44. The highest BCUT2D eigenvalue weighted by atomic mass is 16.2. The number of rotatable bonds is 1. The summed E-state index contributed by atoms with van der Waals surface area (Å²) in [5.41, 5.74) is 3.14. The molecule has 1 aliphatic rings. The summed E-state index contributed by atoms with van der Waals surface area (Å²) in [6.07, 6.45) is 0.854. The Morgan fingerprint density at radius 2 is 2.07 bits per heavy atom. The molecule has 0 N–H and O–H groups in total. The molecule has 1 heterocycles. The smallest absolute Gasteiger partial charge is 0.237 e. The molecule has 1 amide bonds. The molecule has 1 unspecified atom stereocenters. The molecule has 2 nitrogen and oxygen atoms in total. The van der Waals surface area contributed by atoms with E-state index in [0.717, 1.165) is 12.1 Å². The van der Waals surface area contributed by atoms with Crippen molar-refractivity contribution in [1.29, 1.82) is 0 Å². The second-order valence-corrected chi connectivity index (χ2v) is 4.52. The van der Waals surface area contributed by atoms with Crippen LogP contribution in [0.15, 0.2) is 18.2 Å². The highest BCUT2D eigenvalue weighted by Crippen LogP contribution is 2.44. The molecule has 0 saturated carbocycles. The van der Waals surface area contributed by atoms with Gasteiger partial charge in [-0.15, -0.1) is 0 Å². The number of anilines is 1. The summed E-state index contributed by atoms with van der Waals surface area (Å²) in [6, 6.07) is 6.17. The minimum absolute atomic E-state index is 0.217. The summed E-state index contributed by atoms with van der Waals surface area (Å²) in [4.78, 5) is 14.0. The molecular weight excluding hydrogens is 186 g/mol. The first-order valence-corrected chi connectivity index (χ1v) is 5.40. The largest absolute Gasteiger partial charge is 0.314 e. The highest BCUT2D eigenvalue weighted by molar-refractivity contribution is 6.08. The van der Waals surface area contributed by atoms with Gasteiger partial charge in [-0.25, -0.2) is 0 Å². The average molecular weight is 203 g/mol. The van der Waals surface area contributed by atoms with Crippen LogP contribution >= 0.6 is 0 Å². The van der Waals surface area contributed by atoms with Crippen LogP contribution in [-0.4, -0.2) is 13.0 Å². The van der Waals surface area contributed by atoms with Gasteiger partial charge in [0.25, 0.3) is 0 Å². The van der Waals surface area contributed by atoms with Gasteiger partial charge in [-0.05, 0) is 31.4 Å². The fourth-order valence-electron chi connectivity index (χ4n) is 2.48. The van der Waals surface area contributed by atoms with Gasteiger partial charge < -0.3 is 4.90 Å². The van der Waals surface area contributed by atoms with Crippen LogP contribution in [0.2, 0.25) is 0 Å². The van der Waals surface area contributed by atoms with E-state index < -0.39 is 0 Å². The van der Waals surface area contributed by atoms with Crippen molar-refractivity contribution in [2.24, 2.45) is 0 Å². The molecule has 2 heteroatoms. The van der Waals surface area contributed by atoms with Crippen molar-refractivity contribution in [3.63, 3.8) is 0 Å². The fourth-order valence-corrected chi connectivity index (χ4v) is 2.48. The molecule has 15 heavy (non-hydrogen) atoms. The number of aryl methyl sites for hydroxylation is 1. The van der Waals surface area contributed by atoms with Gasteiger partial charge in [-0.2, -0.15) is 0 Å². The summed E-state index contributed by atoms with van der Waals surface area (Å²) in [5.74, 6) is 0.217. The summed E-state index contributed by atoms with van der Waals surface area (Å²) < 4.78 is 0. The Labute approximate surface area is 90.9 Å². The van der Waals surface area contributed by atoms with E-state index in [0.29, 0.717) is 0 Å². The molecule has 1 aliphatic heterocycles. The van der Waals surface area contributed by atoms with E-state index in [1.807, 2.05) is 20.0 Å². The van der Waals surface area contributed by atoms with E-state index in [9.17, 15) is 4.79 Å². The Morgan fingerprint density at radius 3 is 2.67 bits per heavy atom. The zero-order chi connectivity index (χ0) is 11.2. The first-order chi connectivity index (χ1) is 7.02. The Balaban J connectivity index is 2.71. The normalized spacial score (nSPS) is 24.5. The van der Waals surface area contributed by atoms with E-state index >= 15 is 0 Å². The average Bonchev–Trinajstić information content (AvgIpc) is 2.43. The SMILES string of the molecule is CCC1(C)C(=O)N(C)c2c(C)cccc21. The molecule has 1 atom stereocenters. The van der Waals surface area contributed by atoms with Crippen molar-refractivity contribution in [1.82, 2.24) is 0 Å². The third kappa shape index (κ3) is 1.14. The number of fused-ring (bicyclic) bond motifs is 1. The topological polar surface area (TPSA) is 20.3 Å². The monoisotopic (exact) mass is 203 g/mol. The van der Waals surface area contributed by atoms with Crippen molar-refractivity contribution in [3.8, 4) is 0 Å². The lowest BCUT2D eigenvalue weighted by Crippen LogP contribution is -2.35. The second kappa shape index (κ2) is 3.09. The molecule has 1 aromatic rings. The van der Waals surface area contributed by atoms with Crippen LogP contribution < -0.4 is 4.90 Å². The predicted molar refractivity (Wildman–Crippen MR) is 62.2 cm³/mol. The minimum Gasteiger partial charge on any atom is -0.314 e. The van der Waals surface area contributed by atoms with Crippen LogP contribution in [0.5, 0.6) is 0 Å². The summed E-state index contributed by atoms with van der Waals surface area (Å²) in [7, 11) is 1.87. The zero-order valence-corrected chi connectivity index (χ0v) is 9.79. The first-order valence-electron chi connectivity index (χ1n) is 5.40. The Morgan fingerprint density at radius 1 is 1.40 bits per heavy atom. The molecule has 2 rings (SSSR count). The van der Waals surface area contributed by atoms with Gasteiger partial charge in [0.2, 0.25) is 5.91 Å². The van der Waals surface area contributed by atoms with Gasteiger partial charge in [0.1, 0.15) is 0 Å². The van der Waals surface area contributed by atoms with E-state index in [2.05, 4.69) is 26.0 Å². The van der Waals surface area contributed by atoms with E-state index in [4.69, 9.17) is 0 Å². The Hall–Kier alpha value is -1.31. The van der Waals surface area contributed by atoms with Gasteiger partial charge in [0.05, 0.1) is 11.1 Å². The molecule has 0 aromatic heterocycles. The molecule has 0 radical (unpaired) electrons. The van der Waals surface area contributed by atoms with Gasteiger partial charge in [-0.1, -0.05) is 25.1 Å². The number of nitrogens with zero attached hydrogens (tertiary/aromatic N) is 1. The summed E-state index contributed by atoms with van der Waals surface area (Å²) in [6.45, 7) is 6.17. The van der Waals surface area contributed by atoms with E-state index in [1.54, 1.807) is 4.90 Å². The molecule has 0 fully saturated rings. The number of para-hydroxylation sites is 1. The molecule has 0 saturated heterocycles. The van der Waals surface area contributed by atoms with Crippen LogP contribution in [0.3, 0.4) is 0 Å². The maximum Gasteiger partial charge on any atom is 0.237 e. The standard InChI is InChI=1S/C13H17NO/c1-5-13(3)10-8-6-7-9(2)11(10)14(4)12(13)15/h6-8H,5H2,1-4H3. The predicted octanol–water partition coefficient (Wildman–Crippen LogP) is 2.64. The number of benzene rings is 1. The third-order valence-electron chi connectivity index (χ3n) is 3.65. The maximum atomic E-state index is 12.2.